The van der Waals surface area contributed by atoms with Gasteiger partial charge in [-0.2, -0.15) is 0 Å². The summed E-state index contributed by atoms with van der Waals surface area (Å²) in [6.07, 6.45) is 3.38. The van der Waals surface area contributed by atoms with E-state index in [0.29, 0.717) is 12.5 Å². The summed E-state index contributed by atoms with van der Waals surface area (Å²) < 4.78 is 23.6. The largest absolute Gasteiger partial charge is 0.378 e. The number of benzene rings is 1. The van der Waals surface area contributed by atoms with Gasteiger partial charge in [-0.25, -0.2) is 8.42 Å². The molecular formula is C16H25N3O4S. The van der Waals surface area contributed by atoms with Crippen LogP contribution >= 0.6 is 0 Å². The van der Waals surface area contributed by atoms with Gasteiger partial charge < -0.3 is 5.32 Å². The zero-order valence-corrected chi connectivity index (χ0v) is 15.2. The number of nitro groups is 1. The topological polar surface area (TPSA) is 92.6 Å². The number of likely N-dealkylation sites (tertiary alicyclic amines) is 1. The first-order valence-electron chi connectivity index (χ1n) is 8.15. The first-order chi connectivity index (χ1) is 11.2. The predicted molar refractivity (Wildman–Crippen MR) is 94.1 cm³/mol. The highest BCUT2D eigenvalue weighted by Gasteiger charge is 2.27. The van der Waals surface area contributed by atoms with Crippen LogP contribution in [0, 0.1) is 16.0 Å². The lowest BCUT2D eigenvalue weighted by molar-refractivity contribution is -0.386. The molecule has 1 aromatic carbocycles. The molecule has 2 atom stereocenters. The molecule has 0 radical (unpaired) electrons. The van der Waals surface area contributed by atoms with Crippen LogP contribution in [-0.2, 0) is 9.84 Å². The van der Waals surface area contributed by atoms with Crippen LogP contribution in [0.15, 0.2) is 23.1 Å². The molecule has 0 spiro atoms. The molecular weight excluding hydrogens is 330 g/mol. The van der Waals surface area contributed by atoms with Gasteiger partial charge in [-0.1, -0.05) is 13.0 Å². The van der Waals surface area contributed by atoms with Gasteiger partial charge in [0, 0.05) is 25.4 Å². The van der Waals surface area contributed by atoms with Gasteiger partial charge in [0.05, 0.1) is 4.92 Å². The van der Waals surface area contributed by atoms with Crippen LogP contribution in [0.5, 0.6) is 0 Å². The third-order valence-corrected chi connectivity index (χ3v) is 5.61. The Labute approximate surface area is 143 Å². The second-order valence-electron chi connectivity index (χ2n) is 6.65. The minimum atomic E-state index is -3.66. The predicted octanol–water partition coefficient (Wildman–Crippen LogP) is 2.53. The summed E-state index contributed by atoms with van der Waals surface area (Å²) in [5.41, 5.74) is -0.126. The van der Waals surface area contributed by atoms with Crippen LogP contribution in [0.25, 0.3) is 0 Å². The highest BCUT2D eigenvalue weighted by Crippen LogP contribution is 2.32. The van der Waals surface area contributed by atoms with Gasteiger partial charge in [0.2, 0.25) is 0 Å². The highest BCUT2D eigenvalue weighted by atomic mass is 32.2. The maximum atomic E-state index is 11.8. The quantitative estimate of drug-likeness (QED) is 0.623. The minimum Gasteiger partial charge on any atom is -0.378 e. The van der Waals surface area contributed by atoms with Crippen molar-refractivity contribution in [2.24, 2.45) is 5.92 Å². The van der Waals surface area contributed by atoms with E-state index in [-0.39, 0.29) is 22.3 Å². The molecule has 1 saturated heterocycles. The van der Waals surface area contributed by atoms with Crippen LogP contribution in [-0.4, -0.2) is 50.2 Å². The second-order valence-corrected chi connectivity index (χ2v) is 8.64. The third-order valence-electron chi connectivity index (χ3n) is 4.48. The van der Waals surface area contributed by atoms with E-state index < -0.39 is 14.8 Å². The van der Waals surface area contributed by atoms with E-state index in [1.165, 1.54) is 18.6 Å². The van der Waals surface area contributed by atoms with Gasteiger partial charge in [0.25, 0.3) is 0 Å². The maximum Gasteiger partial charge on any atom is 0.310 e. The van der Waals surface area contributed by atoms with Crippen LogP contribution in [0.3, 0.4) is 0 Å². The SMILES string of the molecule is CC1CCCN(C(C)CNc2cccc(S(C)(=O)=O)c2[N+](=O)[O-])C1. The van der Waals surface area contributed by atoms with Gasteiger partial charge in [-0.05, 0) is 44.4 Å². The summed E-state index contributed by atoms with van der Waals surface area (Å²) in [4.78, 5) is 12.9. The Balaban J connectivity index is 2.16. The number of rotatable bonds is 6. The fourth-order valence-electron chi connectivity index (χ4n) is 3.17. The summed E-state index contributed by atoms with van der Waals surface area (Å²) in [6.45, 7) is 6.89. The van der Waals surface area contributed by atoms with Gasteiger partial charge >= 0.3 is 5.69 Å². The lowest BCUT2D eigenvalue weighted by atomic mass is 9.99. The van der Waals surface area contributed by atoms with E-state index >= 15 is 0 Å². The van der Waals surface area contributed by atoms with Crippen molar-refractivity contribution in [1.29, 1.82) is 0 Å². The van der Waals surface area contributed by atoms with Gasteiger partial charge in [-0.15, -0.1) is 0 Å². The van der Waals surface area contributed by atoms with Crippen molar-refractivity contribution in [1.82, 2.24) is 4.90 Å². The Morgan fingerprint density at radius 2 is 2.17 bits per heavy atom. The van der Waals surface area contributed by atoms with E-state index in [1.54, 1.807) is 6.07 Å². The van der Waals surface area contributed by atoms with Crippen molar-refractivity contribution < 1.29 is 13.3 Å². The van der Waals surface area contributed by atoms with E-state index in [2.05, 4.69) is 24.1 Å². The molecule has 2 rings (SSSR count). The number of sulfone groups is 1. The van der Waals surface area contributed by atoms with Crippen LogP contribution < -0.4 is 5.32 Å². The molecule has 0 amide bonds. The lowest BCUT2D eigenvalue weighted by Crippen LogP contribution is -2.43. The summed E-state index contributed by atoms with van der Waals surface area (Å²) in [5, 5.41) is 14.4. The van der Waals surface area contributed by atoms with Crippen LogP contribution in [0.4, 0.5) is 11.4 Å². The zero-order chi connectivity index (χ0) is 17.9. The standard InChI is InChI=1S/C16H25N3O4S/c1-12-6-5-9-18(11-12)13(2)10-17-14-7-4-8-15(24(3,22)23)16(14)19(20)21/h4,7-8,12-13,17H,5-6,9-11H2,1-3H3. The molecule has 0 bridgehead atoms. The second kappa shape index (κ2) is 7.48. The number of nitrogens with one attached hydrogen (secondary N) is 1. The van der Waals surface area contributed by atoms with Crippen molar-refractivity contribution in [2.75, 3.05) is 31.2 Å². The van der Waals surface area contributed by atoms with Gasteiger partial charge in [-0.3, -0.25) is 15.0 Å². The van der Waals surface area contributed by atoms with E-state index in [9.17, 15) is 18.5 Å². The molecule has 2 unspecified atom stereocenters. The number of hydrogen-bond acceptors (Lipinski definition) is 6. The average Bonchev–Trinajstić information content (AvgIpc) is 2.51. The molecule has 1 heterocycles. The molecule has 8 heteroatoms. The molecule has 0 aliphatic carbocycles. The first kappa shape index (κ1) is 18.7. The fourth-order valence-corrected chi connectivity index (χ4v) is 4.03. The Morgan fingerprint density at radius 1 is 1.46 bits per heavy atom. The molecule has 24 heavy (non-hydrogen) atoms. The van der Waals surface area contributed by atoms with Crippen molar-refractivity contribution in [3.8, 4) is 0 Å². The molecule has 1 fully saturated rings. The molecule has 1 N–H and O–H groups in total. The average molecular weight is 355 g/mol. The lowest BCUT2D eigenvalue weighted by Gasteiger charge is -2.35. The molecule has 1 aliphatic heterocycles. The Morgan fingerprint density at radius 3 is 2.75 bits per heavy atom. The highest BCUT2D eigenvalue weighted by molar-refractivity contribution is 7.90. The van der Waals surface area contributed by atoms with Crippen molar-refractivity contribution in [2.45, 2.75) is 37.6 Å². The third kappa shape index (κ3) is 4.45. The van der Waals surface area contributed by atoms with Gasteiger partial charge in [0.15, 0.2) is 9.84 Å². The van der Waals surface area contributed by atoms with Crippen molar-refractivity contribution >= 4 is 21.2 Å². The summed E-state index contributed by atoms with van der Waals surface area (Å²) >= 11 is 0. The number of hydrogen-bond donors (Lipinski definition) is 1. The van der Waals surface area contributed by atoms with Gasteiger partial charge in [0.1, 0.15) is 10.6 Å². The zero-order valence-electron chi connectivity index (χ0n) is 14.4. The number of piperidine rings is 1. The monoisotopic (exact) mass is 355 g/mol. The normalized spacial score (nSPS) is 20.5. The summed E-state index contributed by atoms with van der Waals surface area (Å²) in [5.74, 6) is 0.657. The van der Waals surface area contributed by atoms with Crippen molar-refractivity contribution in [3.63, 3.8) is 0 Å². The number of anilines is 1. The Hall–Kier alpha value is -1.67. The molecule has 0 aromatic heterocycles. The number of nitro benzene ring substituents is 1. The molecule has 1 aromatic rings. The summed E-state index contributed by atoms with van der Waals surface area (Å²) in [6, 6.07) is 4.57. The summed E-state index contributed by atoms with van der Waals surface area (Å²) in [7, 11) is -3.66. The van der Waals surface area contributed by atoms with E-state index in [1.807, 2.05) is 0 Å². The molecule has 0 saturated carbocycles. The first-order valence-corrected chi connectivity index (χ1v) is 10.0. The van der Waals surface area contributed by atoms with E-state index in [0.717, 1.165) is 25.8 Å². The Kier molecular flexibility index (Phi) is 5.82. The fraction of sp³-hybridized carbons (Fsp3) is 0.625. The minimum absolute atomic E-state index is 0.217. The van der Waals surface area contributed by atoms with Crippen LogP contribution in [0.1, 0.15) is 26.7 Å². The number of nitrogens with zero attached hydrogens (tertiary/aromatic N) is 2. The number of para-hydroxylation sites is 1. The maximum absolute atomic E-state index is 11.8. The van der Waals surface area contributed by atoms with E-state index in [4.69, 9.17) is 0 Å². The molecule has 1 aliphatic rings. The Bertz CT molecular complexity index is 705. The molecule has 7 nitrogen and oxygen atoms in total. The smallest absolute Gasteiger partial charge is 0.310 e. The van der Waals surface area contributed by atoms with Crippen molar-refractivity contribution in [3.05, 3.63) is 28.3 Å². The molecule has 134 valence electrons. The van der Waals surface area contributed by atoms with Crippen LogP contribution in [0.2, 0.25) is 0 Å².